The van der Waals surface area contributed by atoms with Crippen molar-refractivity contribution in [1.29, 1.82) is 0 Å². The molecule has 2 aromatic heterocycles. The van der Waals surface area contributed by atoms with Gasteiger partial charge in [0.1, 0.15) is 5.82 Å². The summed E-state index contributed by atoms with van der Waals surface area (Å²) in [5, 5.41) is 8.09. The van der Waals surface area contributed by atoms with Crippen molar-refractivity contribution < 1.29 is 4.79 Å². The van der Waals surface area contributed by atoms with Crippen LogP contribution in [-0.4, -0.2) is 32.0 Å². The molecule has 3 aromatic rings. The number of thioether (sulfide) groups is 1. The van der Waals surface area contributed by atoms with E-state index in [1.165, 1.54) is 38.5 Å². The van der Waals surface area contributed by atoms with E-state index in [2.05, 4.69) is 34.0 Å². The van der Waals surface area contributed by atoms with Crippen molar-refractivity contribution in [1.82, 2.24) is 19.7 Å². The summed E-state index contributed by atoms with van der Waals surface area (Å²) in [7, 11) is 0. The fourth-order valence-electron chi connectivity index (χ4n) is 7.38. The standard InChI is InChI=1S/C28H34N4OS/c1-20(28-14-21-11-22(15-28)13-23(12-21)16-28)30-26(33)19-34-18-24-17-29-32(25-7-3-2-4-8-25)27(24)31-9-5-6-10-31/h2-10,17,20-23H,11-16,18-19H2,1H3,(H,30,33)/t20-,21?,22?,23?,28?/m0/s1. The lowest BCUT2D eigenvalue weighted by atomic mass is 9.48. The van der Waals surface area contributed by atoms with Crippen LogP contribution in [-0.2, 0) is 10.5 Å². The SMILES string of the molecule is C[C@H](NC(=O)CSCc1cnn(-c2ccccc2)c1-n1cccc1)C12CC3CC(CC(C3)C1)C2. The van der Waals surface area contributed by atoms with Crippen LogP contribution in [0.3, 0.4) is 0 Å². The normalized spacial score (nSPS) is 28.2. The zero-order valence-electron chi connectivity index (χ0n) is 19.9. The molecule has 7 rings (SSSR count). The summed E-state index contributed by atoms with van der Waals surface area (Å²) in [5.74, 6) is 5.17. The number of amides is 1. The number of rotatable bonds is 8. The van der Waals surface area contributed by atoms with E-state index in [0.717, 1.165) is 40.6 Å². The molecule has 0 unspecified atom stereocenters. The van der Waals surface area contributed by atoms with Crippen LogP contribution >= 0.6 is 11.8 Å². The van der Waals surface area contributed by atoms with Crippen molar-refractivity contribution in [3.8, 4) is 11.5 Å². The summed E-state index contributed by atoms with van der Waals surface area (Å²) in [4.78, 5) is 12.9. The topological polar surface area (TPSA) is 51.9 Å². The highest BCUT2D eigenvalue weighted by Gasteiger charge is 2.53. The third-order valence-electron chi connectivity index (χ3n) is 8.54. The van der Waals surface area contributed by atoms with Crippen LogP contribution in [0.15, 0.2) is 61.1 Å². The molecule has 0 radical (unpaired) electrons. The molecule has 1 amide bonds. The molecule has 0 aliphatic heterocycles. The Morgan fingerprint density at radius 2 is 1.71 bits per heavy atom. The number of para-hydroxylation sites is 1. The lowest BCUT2D eigenvalue weighted by Gasteiger charge is -2.59. The lowest BCUT2D eigenvalue weighted by molar-refractivity contribution is -0.123. The van der Waals surface area contributed by atoms with Crippen LogP contribution < -0.4 is 5.32 Å². The van der Waals surface area contributed by atoms with E-state index >= 15 is 0 Å². The fourth-order valence-corrected chi connectivity index (χ4v) is 8.18. The largest absolute Gasteiger partial charge is 0.352 e. The minimum absolute atomic E-state index is 0.172. The van der Waals surface area contributed by atoms with E-state index in [0.29, 0.717) is 11.2 Å². The van der Waals surface area contributed by atoms with E-state index in [4.69, 9.17) is 0 Å². The van der Waals surface area contributed by atoms with Gasteiger partial charge in [-0.15, -0.1) is 11.8 Å². The molecule has 0 spiro atoms. The van der Waals surface area contributed by atoms with E-state index in [9.17, 15) is 4.79 Å². The number of carbonyl (C=O) groups is 1. The maximum absolute atomic E-state index is 12.9. The molecule has 178 valence electrons. The van der Waals surface area contributed by atoms with Gasteiger partial charge >= 0.3 is 0 Å². The third-order valence-corrected chi connectivity index (χ3v) is 9.52. The van der Waals surface area contributed by atoms with Gasteiger partial charge in [0, 0.05) is 29.8 Å². The minimum Gasteiger partial charge on any atom is -0.352 e. The number of aromatic nitrogens is 3. The molecule has 0 saturated heterocycles. The number of nitrogens with zero attached hydrogens (tertiary/aromatic N) is 3. The molecule has 5 nitrogen and oxygen atoms in total. The van der Waals surface area contributed by atoms with E-state index in [1.54, 1.807) is 11.8 Å². The first-order chi connectivity index (χ1) is 16.6. The van der Waals surface area contributed by atoms with Crippen molar-refractivity contribution in [2.45, 2.75) is 57.2 Å². The van der Waals surface area contributed by atoms with Crippen LogP contribution in [0.5, 0.6) is 0 Å². The van der Waals surface area contributed by atoms with Crippen LogP contribution in [0.2, 0.25) is 0 Å². The smallest absolute Gasteiger partial charge is 0.230 e. The third kappa shape index (κ3) is 4.10. The highest BCUT2D eigenvalue weighted by atomic mass is 32.2. The summed E-state index contributed by atoms with van der Waals surface area (Å²) < 4.78 is 4.08. The average Bonchev–Trinajstić information content (AvgIpc) is 3.48. The first-order valence-corrected chi connectivity index (χ1v) is 13.9. The second kappa shape index (κ2) is 8.95. The maximum atomic E-state index is 12.9. The van der Waals surface area contributed by atoms with Gasteiger partial charge < -0.3 is 9.88 Å². The van der Waals surface area contributed by atoms with Gasteiger partial charge in [-0.3, -0.25) is 4.79 Å². The number of carbonyl (C=O) groups excluding carboxylic acids is 1. The Kier molecular flexibility index (Phi) is 5.80. The summed E-state index contributed by atoms with van der Waals surface area (Å²) in [6.45, 7) is 2.27. The monoisotopic (exact) mass is 474 g/mol. The van der Waals surface area contributed by atoms with Gasteiger partial charge in [-0.05, 0) is 92.9 Å². The first kappa shape index (κ1) is 22.0. The van der Waals surface area contributed by atoms with E-state index < -0.39 is 0 Å². The number of benzene rings is 1. The molecule has 1 N–H and O–H groups in total. The van der Waals surface area contributed by atoms with Crippen molar-refractivity contribution in [3.05, 3.63) is 66.6 Å². The molecule has 4 aliphatic carbocycles. The molecule has 1 aromatic carbocycles. The van der Waals surface area contributed by atoms with Crippen molar-refractivity contribution in [2.24, 2.45) is 23.2 Å². The highest BCUT2D eigenvalue weighted by molar-refractivity contribution is 7.99. The molecular formula is C28H34N4OS. The van der Waals surface area contributed by atoms with Gasteiger partial charge in [0.25, 0.3) is 0 Å². The first-order valence-electron chi connectivity index (χ1n) is 12.7. The Bertz CT molecular complexity index is 1100. The Morgan fingerprint density at radius 1 is 1.06 bits per heavy atom. The molecular weight excluding hydrogens is 440 g/mol. The average molecular weight is 475 g/mol. The van der Waals surface area contributed by atoms with Gasteiger partial charge in [0.2, 0.25) is 5.91 Å². The van der Waals surface area contributed by atoms with Gasteiger partial charge in [-0.1, -0.05) is 18.2 Å². The maximum Gasteiger partial charge on any atom is 0.230 e. The van der Waals surface area contributed by atoms with Gasteiger partial charge in [0.05, 0.1) is 17.6 Å². The number of hydrogen-bond donors (Lipinski definition) is 1. The van der Waals surface area contributed by atoms with Crippen LogP contribution in [0.25, 0.3) is 11.5 Å². The number of hydrogen-bond acceptors (Lipinski definition) is 3. The Balaban J connectivity index is 1.10. The molecule has 6 heteroatoms. The van der Waals surface area contributed by atoms with Crippen LogP contribution in [0, 0.1) is 23.2 Å². The fraction of sp³-hybridized carbons (Fsp3) is 0.500. The molecule has 4 aliphatic rings. The molecule has 1 atom stereocenters. The summed E-state index contributed by atoms with van der Waals surface area (Å²) >= 11 is 1.67. The lowest BCUT2D eigenvalue weighted by Crippen LogP contribution is -2.56. The Labute approximate surface area is 206 Å². The predicted molar refractivity (Wildman–Crippen MR) is 137 cm³/mol. The van der Waals surface area contributed by atoms with Gasteiger partial charge in [0.15, 0.2) is 0 Å². The second-order valence-electron chi connectivity index (χ2n) is 10.9. The summed E-state index contributed by atoms with van der Waals surface area (Å²) in [5.41, 5.74) is 2.52. The van der Waals surface area contributed by atoms with Crippen molar-refractivity contribution in [3.63, 3.8) is 0 Å². The predicted octanol–water partition coefficient (Wildman–Crippen LogP) is 5.62. The highest BCUT2D eigenvalue weighted by Crippen LogP contribution is 2.61. The zero-order valence-corrected chi connectivity index (χ0v) is 20.7. The molecule has 4 saturated carbocycles. The van der Waals surface area contributed by atoms with E-state index in [1.807, 2.05) is 53.6 Å². The van der Waals surface area contributed by atoms with E-state index in [-0.39, 0.29) is 11.9 Å². The van der Waals surface area contributed by atoms with Crippen LogP contribution in [0.4, 0.5) is 0 Å². The van der Waals surface area contributed by atoms with Crippen LogP contribution in [0.1, 0.15) is 51.0 Å². The molecule has 2 heterocycles. The number of nitrogens with one attached hydrogen (secondary N) is 1. The van der Waals surface area contributed by atoms with Gasteiger partial charge in [-0.2, -0.15) is 5.10 Å². The molecule has 4 fully saturated rings. The van der Waals surface area contributed by atoms with Crippen molar-refractivity contribution in [2.75, 3.05) is 5.75 Å². The van der Waals surface area contributed by atoms with Crippen molar-refractivity contribution >= 4 is 17.7 Å². The minimum atomic E-state index is 0.172. The molecule has 34 heavy (non-hydrogen) atoms. The molecule has 4 bridgehead atoms. The van der Waals surface area contributed by atoms with Gasteiger partial charge in [-0.25, -0.2) is 4.68 Å². The zero-order chi connectivity index (χ0) is 23.1. The second-order valence-corrected chi connectivity index (χ2v) is 11.9. The summed E-state index contributed by atoms with van der Waals surface area (Å²) in [6.07, 6.45) is 14.3. The summed E-state index contributed by atoms with van der Waals surface area (Å²) in [6, 6.07) is 14.5. The Hall–Kier alpha value is -2.47. The quantitative estimate of drug-likeness (QED) is 0.461. The Morgan fingerprint density at radius 3 is 2.35 bits per heavy atom.